The van der Waals surface area contributed by atoms with E-state index < -0.39 is 0 Å². The average molecular weight is 480 g/mol. The van der Waals surface area contributed by atoms with Crippen LogP contribution in [0.3, 0.4) is 0 Å². The molecule has 1 N–H and O–H groups in total. The van der Waals surface area contributed by atoms with Gasteiger partial charge in [0.1, 0.15) is 22.2 Å². The van der Waals surface area contributed by atoms with Gasteiger partial charge in [-0.3, -0.25) is 19.3 Å². The summed E-state index contributed by atoms with van der Waals surface area (Å²) in [5.41, 5.74) is 2.15. The molecule has 0 bridgehead atoms. The molecule has 1 aromatic heterocycles. The Morgan fingerprint density at radius 2 is 2.03 bits per heavy atom. The first kappa shape index (κ1) is 23.4. The Morgan fingerprint density at radius 1 is 1.24 bits per heavy atom. The molecule has 2 heterocycles. The highest BCUT2D eigenvalue weighted by Crippen LogP contribution is 2.34. The van der Waals surface area contributed by atoms with Gasteiger partial charge in [-0.1, -0.05) is 18.2 Å². The van der Waals surface area contributed by atoms with Crippen LogP contribution in [0.2, 0.25) is 0 Å². The van der Waals surface area contributed by atoms with E-state index in [4.69, 9.17) is 9.47 Å². The molecule has 0 aliphatic carbocycles. The van der Waals surface area contributed by atoms with Crippen LogP contribution in [0.5, 0.6) is 11.5 Å². The molecule has 0 unspecified atom stereocenters. The molecule has 34 heavy (non-hydrogen) atoms. The second-order valence-electron chi connectivity index (χ2n) is 8.18. The number of anilines is 1. The zero-order valence-corrected chi connectivity index (χ0v) is 20.0. The fraction of sp³-hybridized carbons (Fsp3) is 0.280. The number of nitrogens with one attached hydrogen (secondary N) is 1. The minimum atomic E-state index is -0.257. The number of nitrogens with zero attached hydrogens (tertiary/aromatic N) is 2. The number of para-hydroxylation sites is 1. The van der Waals surface area contributed by atoms with Gasteiger partial charge in [0.05, 0.1) is 12.2 Å². The number of Topliss-reactive ketones (excluding diaryl/α,β-unsaturated/α-hetero) is 1. The van der Waals surface area contributed by atoms with Crippen LogP contribution >= 0.6 is 11.3 Å². The van der Waals surface area contributed by atoms with Crippen LogP contribution in [-0.4, -0.2) is 41.8 Å². The summed E-state index contributed by atoms with van der Waals surface area (Å²) in [7, 11) is 0. The van der Waals surface area contributed by atoms with E-state index in [2.05, 4.69) is 10.3 Å². The summed E-state index contributed by atoms with van der Waals surface area (Å²) in [6.07, 6.45) is 0. The molecule has 176 valence electrons. The van der Waals surface area contributed by atoms with Crippen molar-refractivity contribution in [2.75, 3.05) is 18.1 Å². The summed E-state index contributed by atoms with van der Waals surface area (Å²) in [5.74, 6) is 0.427. The topological polar surface area (TPSA) is 97.8 Å². The Bertz CT molecular complexity index is 1240. The zero-order chi connectivity index (χ0) is 24.2. The van der Waals surface area contributed by atoms with Crippen LogP contribution < -0.4 is 19.7 Å². The lowest BCUT2D eigenvalue weighted by Crippen LogP contribution is -2.38. The molecular formula is C25H25N3O5S. The van der Waals surface area contributed by atoms with Crippen molar-refractivity contribution in [3.8, 4) is 11.5 Å². The van der Waals surface area contributed by atoms with Crippen LogP contribution in [-0.2, 0) is 11.3 Å². The third-order valence-electron chi connectivity index (χ3n) is 5.17. The summed E-state index contributed by atoms with van der Waals surface area (Å²) >= 11 is 1.30. The summed E-state index contributed by atoms with van der Waals surface area (Å²) in [6.45, 7) is 5.60. The molecule has 1 aliphatic heterocycles. The fourth-order valence-electron chi connectivity index (χ4n) is 3.45. The van der Waals surface area contributed by atoms with E-state index in [1.165, 1.54) is 16.2 Å². The van der Waals surface area contributed by atoms with Crippen LogP contribution in [0.1, 0.15) is 45.3 Å². The molecule has 9 heteroatoms. The van der Waals surface area contributed by atoms with Gasteiger partial charge in [-0.15, -0.1) is 11.3 Å². The fourth-order valence-corrected chi connectivity index (χ4v) is 4.22. The molecule has 2 amide bonds. The third kappa shape index (κ3) is 5.26. The first-order valence-electron chi connectivity index (χ1n) is 10.9. The highest BCUT2D eigenvalue weighted by atomic mass is 32.1. The molecule has 0 atom stereocenters. The van der Waals surface area contributed by atoms with Crippen LogP contribution in [0.4, 0.5) is 5.69 Å². The van der Waals surface area contributed by atoms with E-state index in [0.29, 0.717) is 33.5 Å². The number of thiazole rings is 1. The Balaban J connectivity index is 1.51. The van der Waals surface area contributed by atoms with Gasteiger partial charge < -0.3 is 14.8 Å². The second-order valence-corrected chi connectivity index (χ2v) is 9.13. The third-order valence-corrected chi connectivity index (χ3v) is 6.01. The first-order valence-corrected chi connectivity index (χ1v) is 11.7. The molecule has 0 spiro atoms. The quantitative estimate of drug-likeness (QED) is 0.494. The van der Waals surface area contributed by atoms with Gasteiger partial charge in [-0.05, 0) is 50.6 Å². The molecule has 0 radical (unpaired) electrons. The van der Waals surface area contributed by atoms with Crippen molar-refractivity contribution < 1.29 is 23.9 Å². The van der Waals surface area contributed by atoms with Crippen LogP contribution in [0, 0.1) is 6.92 Å². The lowest BCUT2D eigenvalue weighted by Gasteiger charge is -2.29. The molecule has 0 fully saturated rings. The maximum Gasteiger partial charge on any atom is 0.270 e. The van der Waals surface area contributed by atoms with Crippen molar-refractivity contribution >= 4 is 34.6 Å². The number of rotatable bonds is 8. The summed E-state index contributed by atoms with van der Waals surface area (Å²) < 4.78 is 11.2. The number of ketones is 1. The lowest BCUT2D eigenvalue weighted by molar-refractivity contribution is -0.121. The smallest absolute Gasteiger partial charge is 0.270 e. The van der Waals surface area contributed by atoms with E-state index in [0.717, 1.165) is 5.56 Å². The van der Waals surface area contributed by atoms with Gasteiger partial charge >= 0.3 is 0 Å². The molecule has 0 saturated heterocycles. The maximum atomic E-state index is 12.8. The molecule has 3 aromatic rings. The minimum Gasteiger partial charge on any atom is -0.485 e. The van der Waals surface area contributed by atoms with E-state index in [-0.39, 0.29) is 43.4 Å². The highest BCUT2D eigenvalue weighted by molar-refractivity contribution is 7.09. The predicted octanol–water partition coefficient (Wildman–Crippen LogP) is 3.78. The van der Waals surface area contributed by atoms with E-state index >= 15 is 0 Å². The highest BCUT2D eigenvalue weighted by Gasteiger charge is 2.28. The van der Waals surface area contributed by atoms with Crippen LogP contribution in [0.25, 0.3) is 0 Å². The van der Waals surface area contributed by atoms with E-state index in [9.17, 15) is 14.4 Å². The Kier molecular flexibility index (Phi) is 6.93. The van der Waals surface area contributed by atoms with Crippen molar-refractivity contribution in [1.29, 1.82) is 0 Å². The molecule has 8 nitrogen and oxygen atoms in total. The number of benzene rings is 2. The molecular weight excluding hydrogens is 454 g/mol. The number of aryl methyl sites for hydroxylation is 1. The number of hydrogen-bond donors (Lipinski definition) is 1. The van der Waals surface area contributed by atoms with Crippen LogP contribution in [0.15, 0.2) is 47.8 Å². The molecule has 1 aliphatic rings. The van der Waals surface area contributed by atoms with Gasteiger partial charge in [-0.25, -0.2) is 4.98 Å². The van der Waals surface area contributed by atoms with Crippen molar-refractivity contribution in [2.45, 2.75) is 33.4 Å². The van der Waals surface area contributed by atoms with E-state index in [1.54, 1.807) is 23.6 Å². The zero-order valence-electron chi connectivity index (χ0n) is 19.2. The number of fused-ring (bicyclic) bond motifs is 1. The monoisotopic (exact) mass is 479 g/mol. The Labute approximate surface area is 201 Å². The lowest BCUT2D eigenvalue weighted by atomic mass is 10.1. The standard InChI is InChI=1S/C25H25N3O5S/c1-15(2)26-25(31)18-14-34-23(27-18)11-28-19-10-17(8-9-22(19)33-13-24(28)30)20(29)12-32-21-7-5-4-6-16(21)3/h4-10,14-15H,11-13H2,1-3H3,(H,26,31). The second kappa shape index (κ2) is 10.0. The number of amides is 2. The largest absolute Gasteiger partial charge is 0.485 e. The number of hydrogen-bond acceptors (Lipinski definition) is 7. The van der Waals surface area contributed by atoms with Gasteiger partial charge in [0.15, 0.2) is 19.0 Å². The molecule has 0 saturated carbocycles. The van der Waals surface area contributed by atoms with Gasteiger partial charge in [0.25, 0.3) is 11.8 Å². The SMILES string of the molecule is Cc1ccccc1OCC(=O)c1ccc2c(c1)N(Cc1nc(C(=O)NC(C)C)cs1)C(=O)CO2. The van der Waals surface area contributed by atoms with Crippen molar-refractivity contribution in [1.82, 2.24) is 10.3 Å². The number of carbonyl (C=O) groups is 3. The van der Waals surface area contributed by atoms with Crippen molar-refractivity contribution in [2.24, 2.45) is 0 Å². The maximum absolute atomic E-state index is 12.8. The molecule has 4 rings (SSSR count). The van der Waals surface area contributed by atoms with Gasteiger partial charge in [0, 0.05) is 17.0 Å². The Hall–Kier alpha value is -3.72. The number of ether oxygens (including phenoxy) is 2. The van der Waals surface area contributed by atoms with Crippen molar-refractivity contribution in [3.05, 3.63) is 69.7 Å². The average Bonchev–Trinajstić information content (AvgIpc) is 3.28. The molecule has 2 aromatic carbocycles. The number of carbonyl (C=O) groups excluding carboxylic acids is 3. The summed E-state index contributed by atoms with van der Waals surface area (Å²) in [6, 6.07) is 12.5. The van der Waals surface area contributed by atoms with Gasteiger partial charge in [0.2, 0.25) is 0 Å². The predicted molar refractivity (Wildman–Crippen MR) is 129 cm³/mol. The van der Waals surface area contributed by atoms with E-state index in [1.807, 2.05) is 45.0 Å². The Morgan fingerprint density at radius 3 is 2.79 bits per heavy atom. The summed E-state index contributed by atoms with van der Waals surface area (Å²) in [4.78, 5) is 43.6. The number of aromatic nitrogens is 1. The van der Waals surface area contributed by atoms with Gasteiger partial charge in [-0.2, -0.15) is 0 Å². The van der Waals surface area contributed by atoms with Crippen molar-refractivity contribution in [3.63, 3.8) is 0 Å². The normalized spacial score (nSPS) is 12.8. The minimum absolute atomic E-state index is 0.00362. The first-order chi connectivity index (χ1) is 16.3. The summed E-state index contributed by atoms with van der Waals surface area (Å²) in [5, 5.41) is 5.08.